The van der Waals surface area contributed by atoms with Crippen molar-refractivity contribution < 1.29 is 4.92 Å². The lowest BCUT2D eigenvalue weighted by atomic mass is 9.91. The summed E-state index contributed by atoms with van der Waals surface area (Å²) in [4.78, 5) is 26.5. The number of nitrogens with zero attached hydrogens (tertiary/aromatic N) is 5. The van der Waals surface area contributed by atoms with Crippen molar-refractivity contribution in [2.24, 2.45) is 0 Å². The van der Waals surface area contributed by atoms with Gasteiger partial charge >= 0.3 is 0 Å². The number of hydrogen-bond acceptors (Lipinski definition) is 7. The number of anilines is 2. The summed E-state index contributed by atoms with van der Waals surface area (Å²) in [6.07, 6.45) is 3.05. The molecule has 0 aliphatic heterocycles. The summed E-state index contributed by atoms with van der Waals surface area (Å²) in [6.45, 7) is 1.79. The van der Waals surface area contributed by atoms with Crippen LogP contribution in [-0.2, 0) is 0 Å². The molecule has 8 heteroatoms. The van der Waals surface area contributed by atoms with E-state index in [0.717, 1.165) is 11.3 Å². The molecule has 2 aromatic heterocycles. The average Bonchev–Trinajstić information content (AvgIpc) is 3.00. The minimum atomic E-state index is -0.455. The largest absolute Gasteiger partial charge is 0.368 e. The van der Waals surface area contributed by atoms with Crippen molar-refractivity contribution in [3.05, 3.63) is 143 Å². The van der Waals surface area contributed by atoms with Crippen molar-refractivity contribution in [2.75, 3.05) is 29.9 Å². The zero-order valence-corrected chi connectivity index (χ0v) is 21.3. The Balaban J connectivity index is 1.43. The Labute approximate surface area is 227 Å². The van der Waals surface area contributed by atoms with Crippen LogP contribution in [-0.4, -0.2) is 39.5 Å². The minimum absolute atomic E-state index is 0.0399. The first-order valence-electron chi connectivity index (χ1n) is 12.7. The molecule has 0 saturated carbocycles. The molecule has 0 bridgehead atoms. The van der Waals surface area contributed by atoms with Crippen LogP contribution >= 0.6 is 0 Å². The van der Waals surface area contributed by atoms with Crippen LogP contribution in [0.1, 0.15) is 17.0 Å². The maximum Gasteiger partial charge on any atom is 0.287 e. The highest BCUT2D eigenvalue weighted by Crippen LogP contribution is 2.28. The van der Waals surface area contributed by atoms with Gasteiger partial charge < -0.3 is 10.2 Å². The molecular formula is C31H28N6O2. The van der Waals surface area contributed by atoms with Gasteiger partial charge in [0.05, 0.1) is 10.6 Å². The van der Waals surface area contributed by atoms with Gasteiger partial charge in [0, 0.05) is 43.4 Å². The molecule has 2 heterocycles. The second kappa shape index (κ2) is 12.4. The summed E-state index contributed by atoms with van der Waals surface area (Å²) in [5.74, 6) is 1.29. The van der Waals surface area contributed by atoms with Crippen LogP contribution in [0, 0.1) is 10.1 Å². The lowest BCUT2D eigenvalue weighted by molar-refractivity contribution is -0.385. The molecule has 194 valence electrons. The van der Waals surface area contributed by atoms with E-state index in [1.807, 2.05) is 48.5 Å². The Bertz CT molecular complexity index is 1440. The molecule has 0 atom stereocenters. The van der Waals surface area contributed by atoms with Crippen molar-refractivity contribution in [3.8, 4) is 11.3 Å². The third-order valence-electron chi connectivity index (χ3n) is 6.45. The van der Waals surface area contributed by atoms with Crippen LogP contribution in [0.15, 0.2) is 122 Å². The summed E-state index contributed by atoms with van der Waals surface area (Å²) in [6, 6.07) is 35.9. The zero-order chi connectivity index (χ0) is 26.9. The highest BCUT2D eigenvalue weighted by Gasteiger charge is 2.21. The van der Waals surface area contributed by atoms with Crippen LogP contribution in [0.3, 0.4) is 0 Å². The second-order valence-electron chi connectivity index (χ2n) is 9.01. The highest BCUT2D eigenvalue weighted by molar-refractivity contribution is 5.60. The third kappa shape index (κ3) is 6.61. The predicted molar refractivity (Wildman–Crippen MR) is 154 cm³/mol. The first kappa shape index (κ1) is 25.5. The molecule has 5 rings (SSSR count). The molecule has 8 nitrogen and oxygen atoms in total. The van der Waals surface area contributed by atoms with Crippen molar-refractivity contribution in [1.82, 2.24) is 15.0 Å². The average molecular weight is 517 g/mol. The van der Waals surface area contributed by atoms with Crippen LogP contribution in [0.2, 0.25) is 0 Å². The van der Waals surface area contributed by atoms with Gasteiger partial charge in [-0.25, -0.2) is 15.0 Å². The predicted octanol–water partition coefficient (Wildman–Crippen LogP) is 6.20. The molecule has 3 aromatic carbocycles. The highest BCUT2D eigenvalue weighted by atomic mass is 16.6. The van der Waals surface area contributed by atoms with Gasteiger partial charge in [-0.2, -0.15) is 0 Å². The van der Waals surface area contributed by atoms with E-state index in [1.165, 1.54) is 23.4 Å². The van der Waals surface area contributed by atoms with E-state index in [9.17, 15) is 10.1 Å². The third-order valence-corrected chi connectivity index (χ3v) is 6.45. The summed E-state index contributed by atoms with van der Waals surface area (Å²) >= 11 is 0. The van der Waals surface area contributed by atoms with Crippen LogP contribution in [0.4, 0.5) is 17.5 Å². The number of nitro groups is 1. The SMILES string of the molecule is O=[N+]([O-])c1ccc(NCCN(CC(c2ccccc2)c2ccccc2)c2nccc(-c3ccccc3)n2)nc1. The maximum absolute atomic E-state index is 11.0. The molecule has 0 amide bonds. The van der Waals surface area contributed by atoms with E-state index < -0.39 is 4.92 Å². The number of rotatable bonds is 11. The van der Waals surface area contributed by atoms with Crippen molar-refractivity contribution >= 4 is 17.5 Å². The van der Waals surface area contributed by atoms with Crippen LogP contribution in [0.5, 0.6) is 0 Å². The Kier molecular flexibility index (Phi) is 8.13. The smallest absolute Gasteiger partial charge is 0.287 e. The lowest BCUT2D eigenvalue weighted by Crippen LogP contribution is -2.35. The van der Waals surface area contributed by atoms with E-state index in [2.05, 4.69) is 68.7 Å². The second-order valence-corrected chi connectivity index (χ2v) is 9.01. The van der Waals surface area contributed by atoms with Gasteiger partial charge in [0.2, 0.25) is 5.95 Å². The first-order valence-corrected chi connectivity index (χ1v) is 12.7. The molecule has 0 unspecified atom stereocenters. The van der Waals surface area contributed by atoms with Gasteiger partial charge in [0.25, 0.3) is 5.69 Å². The van der Waals surface area contributed by atoms with Gasteiger partial charge in [0.1, 0.15) is 12.0 Å². The van der Waals surface area contributed by atoms with E-state index in [0.29, 0.717) is 31.4 Å². The molecule has 5 aromatic rings. The molecule has 0 aliphatic rings. The Morgan fingerprint density at radius 2 is 1.44 bits per heavy atom. The number of benzene rings is 3. The molecule has 0 aliphatic carbocycles. The molecule has 1 N–H and O–H groups in total. The van der Waals surface area contributed by atoms with Gasteiger partial charge in [-0.3, -0.25) is 10.1 Å². The summed E-state index contributed by atoms with van der Waals surface area (Å²) in [7, 11) is 0. The number of pyridine rings is 1. The Morgan fingerprint density at radius 1 is 0.795 bits per heavy atom. The first-order chi connectivity index (χ1) is 19.2. The minimum Gasteiger partial charge on any atom is -0.368 e. The van der Waals surface area contributed by atoms with E-state index in [1.54, 1.807) is 12.3 Å². The van der Waals surface area contributed by atoms with E-state index in [-0.39, 0.29) is 11.6 Å². The van der Waals surface area contributed by atoms with Crippen molar-refractivity contribution in [1.29, 1.82) is 0 Å². The lowest BCUT2D eigenvalue weighted by Gasteiger charge is -2.29. The van der Waals surface area contributed by atoms with Crippen LogP contribution in [0.25, 0.3) is 11.3 Å². The molecule has 0 fully saturated rings. The molecule has 0 radical (unpaired) electrons. The number of nitrogens with one attached hydrogen (secondary N) is 1. The Morgan fingerprint density at radius 3 is 2.03 bits per heavy atom. The monoisotopic (exact) mass is 516 g/mol. The Hall–Kier alpha value is -5.11. The van der Waals surface area contributed by atoms with Gasteiger partial charge in [0.15, 0.2) is 0 Å². The summed E-state index contributed by atoms with van der Waals surface area (Å²) < 4.78 is 0. The van der Waals surface area contributed by atoms with Gasteiger partial charge in [-0.1, -0.05) is 91.0 Å². The molecule has 0 spiro atoms. The fourth-order valence-corrected chi connectivity index (χ4v) is 4.46. The van der Waals surface area contributed by atoms with Crippen molar-refractivity contribution in [2.45, 2.75) is 5.92 Å². The fourth-order valence-electron chi connectivity index (χ4n) is 4.46. The molecule has 0 saturated heterocycles. The molecule has 39 heavy (non-hydrogen) atoms. The molecular weight excluding hydrogens is 488 g/mol. The topological polar surface area (TPSA) is 97.1 Å². The van der Waals surface area contributed by atoms with E-state index in [4.69, 9.17) is 4.98 Å². The summed E-state index contributed by atoms with van der Waals surface area (Å²) in [5.41, 5.74) is 4.25. The van der Waals surface area contributed by atoms with Crippen molar-refractivity contribution in [3.63, 3.8) is 0 Å². The summed E-state index contributed by atoms with van der Waals surface area (Å²) in [5, 5.41) is 14.2. The van der Waals surface area contributed by atoms with Gasteiger partial charge in [-0.15, -0.1) is 0 Å². The standard InChI is InChI=1S/C31H28N6O2/c38-37(39)27-16-17-30(34-22-27)32-20-21-36(31-33-19-18-29(35-31)26-14-8-3-9-15-26)23-28(24-10-4-1-5-11-24)25-12-6-2-7-13-25/h1-19,22,28H,20-21,23H2,(H,32,34). The number of hydrogen-bond donors (Lipinski definition) is 1. The number of aromatic nitrogens is 3. The normalized spacial score (nSPS) is 10.8. The van der Waals surface area contributed by atoms with Crippen LogP contribution < -0.4 is 10.2 Å². The quantitative estimate of drug-likeness (QED) is 0.165. The fraction of sp³-hybridized carbons (Fsp3) is 0.129. The van der Waals surface area contributed by atoms with Gasteiger partial charge in [-0.05, 0) is 23.3 Å². The maximum atomic E-state index is 11.0. The zero-order valence-electron chi connectivity index (χ0n) is 21.3. The van der Waals surface area contributed by atoms with E-state index >= 15 is 0 Å².